The molecule has 19 heavy (non-hydrogen) atoms. The lowest BCUT2D eigenvalue weighted by molar-refractivity contribution is 0.600. The predicted octanol–water partition coefficient (Wildman–Crippen LogP) is 3.11. The third-order valence-electron chi connectivity index (χ3n) is 2.28. The van der Waals surface area contributed by atoms with Gasteiger partial charge in [0, 0.05) is 16.9 Å². The van der Waals surface area contributed by atoms with Gasteiger partial charge in [0.1, 0.15) is 4.90 Å². The minimum atomic E-state index is -3.69. The Kier molecular flexibility index (Phi) is 4.22. The Morgan fingerprint density at radius 3 is 2.63 bits per heavy atom. The molecule has 0 aliphatic heterocycles. The summed E-state index contributed by atoms with van der Waals surface area (Å²) in [5, 5.41) is 0. The molecule has 0 saturated carbocycles. The second-order valence-corrected chi connectivity index (χ2v) is 7.07. The summed E-state index contributed by atoms with van der Waals surface area (Å²) < 4.78 is 28.0. The van der Waals surface area contributed by atoms with Crippen LogP contribution in [0.15, 0.2) is 44.4 Å². The first kappa shape index (κ1) is 14.4. The van der Waals surface area contributed by atoms with Gasteiger partial charge in [-0.05, 0) is 57.0 Å². The molecule has 0 amide bonds. The summed E-state index contributed by atoms with van der Waals surface area (Å²) in [6.07, 6.45) is 2.79. The molecule has 0 unspecified atom stereocenters. The molecule has 0 bridgehead atoms. The lowest BCUT2D eigenvalue weighted by Crippen LogP contribution is -2.14. The van der Waals surface area contributed by atoms with E-state index in [1.807, 2.05) is 0 Å². The molecule has 0 atom stereocenters. The lowest BCUT2D eigenvalue weighted by Gasteiger charge is -2.10. The smallest absolute Gasteiger partial charge is 0.263 e. The van der Waals surface area contributed by atoms with Crippen molar-refractivity contribution in [2.24, 2.45) is 0 Å². The summed E-state index contributed by atoms with van der Waals surface area (Å²) >= 11 is 6.60. The molecule has 0 radical (unpaired) electrons. The molecule has 0 aromatic carbocycles. The van der Waals surface area contributed by atoms with Crippen LogP contribution in [0.1, 0.15) is 5.69 Å². The molecule has 100 valence electrons. The van der Waals surface area contributed by atoms with Crippen molar-refractivity contribution < 1.29 is 8.42 Å². The fourth-order valence-corrected chi connectivity index (χ4v) is 3.48. The summed E-state index contributed by atoms with van der Waals surface area (Å²) in [5.41, 5.74) is 0.687. The Bertz CT molecular complexity index is 705. The minimum absolute atomic E-state index is 0.0873. The molecule has 2 heterocycles. The molecule has 2 aromatic heterocycles. The van der Waals surface area contributed by atoms with Crippen molar-refractivity contribution in [1.82, 2.24) is 9.97 Å². The predicted molar refractivity (Wildman–Crippen MR) is 79.4 cm³/mol. The van der Waals surface area contributed by atoms with E-state index in [1.54, 1.807) is 19.1 Å². The summed E-state index contributed by atoms with van der Waals surface area (Å²) in [4.78, 5) is 8.05. The third-order valence-corrected chi connectivity index (χ3v) is 5.01. The molecule has 0 aliphatic carbocycles. The van der Waals surface area contributed by atoms with Gasteiger partial charge in [0.15, 0.2) is 5.82 Å². The number of aromatic nitrogens is 2. The van der Waals surface area contributed by atoms with Crippen LogP contribution in [0.25, 0.3) is 0 Å². The first-order valence-electron chi connectivity index (χ1n) is 5.15. The van der Waals surface area contributed by atoms with Gasteiger partial charge in [-0.25, -0.2) is 13.4 Å². The number of aryl methyl sites for hydroxylation is 1. The van der Waals surface area contributed by atoms with Crippen LogP contribution in [-0.2, 0) is 10.0 Å². The van der Waals surface area contributed by atoms with Crippen LogP contribution in [-0.4, -0.2) is 18.4 Å². The normalized spacial score (nSPS) is 11.3. The largest absolute Gasteiger partial charge is 0.264 e. The number of hydrogen-bond donors (Lipinski definition) is 1. The first-order chi connectivity index (χ1) is 8.90. The van der Waals surface area contributed by atoms with Gasteiger partial charge in [0.25, 0.3) is 10.0 Å². The molecule has 0 saturated heterocycles. The maximum absolute atomic E-state index is 12.1. The summed E-state index contributed by atoms with van der Waals surface area (Å²) in [6.45, 7) is 1.78. The number of anilines is 1. The fraction of sp³-hybridized carbons (Fsp3) is 0.0909. The van der Waals surface area contributed by atoms with E-state index in [2.05, 4.69) is 46.5 Å². The number of nitrogens with zero attached hydrogens (tertiary/aromatic N) is 2. The highest BCUT2D eigenvalue weighted by molar-refractivity contribution is 9.11. The maximum Gasteiger partial charge on any atom is 0.264 e. The fourth-order valence-electron chi connectivity index (χ4n) is 1.32. The Balaban J connectivity index is 2.39. The molecule has 0 fully saturated rings. The van der Waals surface area contributed by atoms with Crippen molar-refractivity contribution in [2.45, 2.75) is 11.8 Å². The highest BCUT2D eigenvalue weighted by Gasteiger charge is 2.17. The zero-order valence-corrected chi connectivity index (χ0v) is 13.8. The number of nitrogens with one attached hydrogen (secondary N) is 1. The van der Waals surface area contributed by atoms with E-state index < -0.39 is 10.0 Å². The second kappa shape index (κ2) is 5.56. The minimum Gasteiger partial charge on any atom is -0.263 e. The van der Waals surface area contributed by atoms with Crippen molar-refractivity contribution in [3.63, 3.8) is 0 Å². The molecule has 0 spiro atoms. The van der Waals surface area contributed by atoms with Crippen molar-refractivity contribution in [1.29, 1.82) is 0 Å². The van der Waals surface area contributed by atoms with E-state index in [0.29, 0.717) is 10.2 Å². The number of hydrogen-bond acceptors (Lipinski definition) is 4. The van der Waals surface area contributed by atoms with Gasteiger partial charge in [0.05, 0.1) is 10.2 Å². The van der Waals surface area contributed by atoms with Crippen LogP contribution in [0.4, 0.5) is 5.82 Å². The zero-order valence-electron chi connectivity index (χ0n) is 9.76. The molecule has 1 N–H and O–H groups in total. The van der Waals surface area contributed by atoms with Crippen LogP contribution in [0, 0.1) is 6.92 Å². The number of halogens is 2. The number of rotatable bonds is 3. The van der Waals surface area contributed by atoms with E-state index in [-0.39, 0.29) is 10.7 Å². The summed E-state index contributed by atoms with van der Waals surface area (Å²) in [5.74, 6) is 0.240. The third kappa shape index (κ3) is 3.31. The SMILES string of the molecule is Cc1nc(NS(=O)(=O)c2cccnc2)c(Br)cc1Br. The maximum atomic E-state index is 12.1. The molecular formula is C11H9Br2N3O2S. The van der Waals surface area contributed by atoms with Gasteiger partial charge in [0.2, 0.25) is 0 Å². The lowest BCUT2D eigenvalue weighted by atomic mass is 10.4. The van der Waals surface area contributed by atoms with E-state index in [0.717, 1.165) is 4.47 Å². The summed E-state index contributed by atoms with van der Waals surface area (Å²) in [6, 6.07) is 4.77. The van der Waals surface area contributed by atoms with Gasteiger partial charge < -0.3 is 0 Å². The van der Waals surface area contributed by atoms with Crippen LogP contribution < -0.4 is 4.72 Å². The average molecular weight is 407 g/mol. The highest BCUT2D eigenvalue weighted by atomic mass is 79.9. The molecule has 5 nitrogen and oxygen atoms in total. The van der Waals surface area contributed by atoms with Gasteiger partial charge in [-0.2, -0.15) is 0 Å². The number of pyridine rings is 2. The zero-order chi connectivity index (χ0) is 14.0. The average Bonchev–Trinajstić information content (AvgIpc) is 2.37. The topological polar surface area (TPSA) is 72.0 Å². The van der Waals surface area contributed by atoms with Crippen molar-refractivity contribution in [3.05, 3.63) is 45.2 Å². The Morgan fingerprint density at radius 2 is 2.00 bits per heavy atom. The van der Waals surface area contributed by atoms with Crippen molar-refractivity contribution in [2.75, 3.05) is 4.72 Å². The van der Waals surface area contributed by atoms with Crippen molar-refractivity contribution >= 4 is 47.7 Å². The molecule has 2 aromatic rings. The molecule has 2 rings (SSSR count). The van der Waals surface area contributed by atoms with Crippen LogP contribution in [0.5, 0.6) is 0 Å². The van der Waals surface area contributed by atoms with E-state index >= 15 is 0 Å². The van der Waals surface area contributed by atoms with E-state index in [4.69, 9.17) is 0 Å². The Morgan fingerprint density at radius 1 is 1.26 bits per heavy atom. The monoisotopic (exact) mass is 405 g/mol. The van der Waals surface area contributed by atoms with Gasteiger partial charge in [-0.3, -0.25) is 9.71 Å². The van der Waals surface area contributed by atoms with E-state index in [1.165, 1.54) is 18.5 Å². The molecular weight excluding hydrogens is 398 g/mol. The standard InChI is InChI=1S/C11H9Br2N3O2S/c1-7-9(12)5-10(13)11(15-7)16-19(17,18)8-3-2-4-14-6-8/h2-6H,1H3,(H,15,16). The highest BCUT2D eigenvalue weighted by Crippen LogP contribution is 2.27. The van der Waals surface area contributed by atoms with Gasteiger partial charge in [-0.15, -0.1) is 0 Å². The quantitative estimate of drug-likeness (QED) is 0.849. The van der Waals surface area contributed by atoms with Crippen molar-refractivity contribution in [3.8, 4) is 0 Å². The van der Waals surface area contributed by atoms with Gasteiger partial charge >= 0.3 is 0 Å². The van der Waals surface area contributed by atoms with E-state index in [9.17, 15) is 8.42 Å². The van der Waals surface area contributed by atoms with Crippen LogP contribution >= 0.6 is 31.9 Å². The van der Waals surface area contributed by atoms with Crippen LogP contribution in [0.2, 0.25) is 0 Å². The molecule has 0 aliphatic rings. The number of sulfonamides is 1. The van der Waals surface area contributed by atoms with Gasteiger partial charge in [-0.1, -0.05) is 0 Å². The second-order valence-electron chi connectivity index (χ2n) is 3.68. The van der Waals surface area contributed by atoms with Crippen LogP contribution in [0.3, 0.4) is 0 Å². The molecule has 8 heteroatoms. The Hall–Kier alpha value is -0.990. The first-order valence-corrected chi connectivity index (χ1v) is 8.22. The summed E-state index contributed by atoms with van der Waals surface area (Å²) in [7, 11) is -3.69. The Labute approximate surface area is 127 Å².